The number of morpholine rings is 1. The second-order valence-electron chi connectivity index (χ2n) is 6.49. The number of ether oxygens (including phenoxy) is 1. The van der Waals surface area contributed by atoms with Crippen molar-refractivity contribution in [1.29, 1.82) is 0 Å². The summed E-state index contributed by atoms with van der Waals surface area (Å²) in [4.78, 5) is 2.88. The van der Waals surface area contributed by atoms with Crippen molar-refractivity contribution in [2.24, 2.45) is 0 Å². The van der Waals surface area contributed by atoms with Gasteiger partial charge < -0.3 is 9.64 Å². The Bertz CT molecular complexity index is 767. The molecule has 136 valence electrons. The zero-order chi connectivity index (χ0) is 17.9. The van der Waals surface area contributed by atoms with E-state index in [1.165, 1.54) is 9.78 Å². The fourth-order valence-corrected chi connectivity index (χ4v) is 5.56. The second kappa shape index (κ2) is 7.97. The van der Waals surface area contributed by atoms with Crippen LogP contribution in [0.1, 0.15) is 23.4 Å². The zero-order valence-electron chi connectivity index (χ0n) is 14.6. The van der Waals surface area contributed by atoms with Crippen LogP contribution in [0, 0.1) is 6.92 Å². The summed E-state index contributed by atoms with van der Waals surface area (Å²) < 4.78 is 33.9. The fourth-order valence-electron chi connectivity index (χ4n) is 3.31. The van der Waals surface area contributed by atoms with Gasteiger partial charge in [0.05, 0.1) is 29.0 Å². The van der Waals surface area contributed by atoms with Crippen molar-refractivity contribution >= 4 is 21.4 Å². The van der Waals surface area contributed by atoms with Crippen molar-refractivity contribution in [3.63, 3.8) is 0 Å². The molecule has 2 aromatic rings. The van der Waals surface area contributed by atoms with Crippen molar-refractivity contribution in [1.82, 2.24) is 4.72 Å². The van der Waals surface area contributed by atoms with Crippen LogP contribution in [-0.4, -0.2) is 40.8 Å². The third kappa shape index (κ3) is 4.48. The van der Waals surface area contributed by atoms with Gasteiger partial charge in [0.1, 0.15) is 19.1 Å². The van der Waals surface area contributed by atoms with Gasteiger partial charge in [-0.3, -0.25) is 0 Å². The van der Waals surface area contributed by atoms with E-state index in [9.17, 15) is 8.42 Å². The molecule has 1 aliphatic rings. The van der Waals surface area contributed by atoms with Crippen LogP contribution in [0.3, 0.4) is 0 Å². The summed E-state index contributed by atoms with van der Waals surface area (Å²) in [6, 6.07) is 11.0. The van der Waals surface area contributed by atoms with Gasteiger partial charge in [0.25, 0.3) is 0 Å². The normalized spacial score (nSPS) is 18.8. The van der Waals surface area contributed by atoms with E-state index in [0.29, 0.717) is 18.1 Å². The lowest BCUT2D eigenvalue weighted by Crippen LogP contribution is -3.15. The number of rotatable bonds is 6. The Morgan fingerprint density at radius 3 is 2.44 bits per heavy atom. The largest absolute Gasteiger partial charge is 0.370 e. The van der Waals surface area contributed by atoms with E-state index < -0.39 is 10.0 Å². The summed E-state index contributed by atoms with van der Waals surface area (Å²) >= 11 is 1.68. The molecule has 0 bridgehead atoms. The number of hydrogen-bond donors (Lipinski definition) is 2. The van der Waals surface area contributed by atoms with Crippen molar-refractivity contribution in [3.05, 3.63) is 52.2 Å². The van der Waals surface area contributed by atoms with Crippen LogP contribution in [0.5, 0.6) is 0 Å². The molecular weight excluding hydrogens is 356 g/mol. The first-order valence-electron chi connectivity index (χ1n) is 8.52. The Balaban J connectivity index is 1.82. The van der Waals surface area contributed by atoms with E-state index in [-0.39, 0.29) is 12.1 Å². The van der Waals surface area contributed by atoms with E-state index >= 15 is 0 Å². The minimum absolute atomic E-state index is 0.0872. The number of quaternary nitrogens is 1. The zero-order valence-corrected chi connectivity index (χ0v) is 16.2. The van der Waals surface area contributed by atoms with Gasteiger partial charge in [0.2, 0.25) is 10.0 Å². The highest BCUT2D eigenvalue weighted by atomic mass is 32.2. The van der Waals surface area contributed by atoms with Gasteiger partial charge in [0.15, 0.2) is 0 Å². The molecule has 2 atom stereocenters. The highest BCUT2D eigenvalue weighted by Crippen LogP contribution is 2.21. The topological polar surface area (TPSA) is 59.8 Å². The lowest BCUT2D eigenvalue weighted by molar-refractivity contribution is -0.939. The molecule has 0 amide bonds. The predicted molar refractivity (Wildman–Crippen MR) is 99.5 cm³/mol. The molecule has 5 nitrogen and oxygen atoms in total. The Morgan fingerprint density at radius 1 is 1.16 bits per heavy atom. The number of benzene rings is 1. The molecule has 3 rings (SSSR count). The van der Waals surface area contributed by atoms with Crippen molar-refractivity contribution in [2.75, 3.05) is 26.3 Å². The maximum absolute atomic E-state index is 12.8. The molecule has 0 saturated carbocycles. The van der Waals surface area contributed by atoms with Crippen LogP contribution in [0.25, 0.3) is 0 Å². The predicted octanol–water partition coefficient (Wildman–Crippen LogP) is 1.38. The Morgan fingerprint density at radius 2 is 1.84 bits per heavy atom. The summed E-state index contributed by atoms with van der Waals surface area (Å²) in [6.07, 6.45) is 0. The molecule has 1 aromatic carbocycles. The van der Waals surface area contributed by atoms with Gasteiger partial charge in [-0.25, -0.2) is 13.1 Å². The molecule has 2 heterocycles. The highest BCUT2D eigenvalue weighted by Gasteiger charge is 2.34. The van der Waals surface area contributed by atoms with E-state index in [4.69, 9.17) is 4.74 Å². The molecule has 7 heteroatoms. The average Bonchev–Trinajstić information content (AvgIpc) is 3.10. The molecule has 0 radical (unpaired) electrons. The third-order valence-corrected chi connectivity index (χ3v) is 7.13. The van der Waals surface area contributed by atoms with E-state index in [1.807, 2.05) is 37.4 Å². The number of sulfonamides is 1. The van der Waals surface area contributed by atoms with Gasteiger partial charge in [-0.15, -0.1) is 11.3 Å². The second-order valence-corrected chi connectivity index (χ2v) is 9.18. The van der Waals surface area contributed by atoms with E-state index in [2.05, 4.69) is 10.8 Å². The van der Waals surface area contributed by atoms with Crippen LogP contribution in [0.2, 0.25) is 0 Å². The fraction of sp³-hybridized carbons (Fsp3) is 0.444. The molecule has 0 spiro atoms. The third-order valence-electron chi connectivity index (χ3n) is 4.60. The Labute approximate surface area is 153 Å². The number of aryl methyl sites for hydroxylation is 1. The smallest absolute Gasteiger partial charge is 0.241 e. The maximum Gasteiger partial charge on any atom is 0.241 e. The summed E-state index contributed by atoms with van der Waals surface area (Å²) in [5, 5.41) is 2.05. The summed E-state index contributed by atoms with van der Waals surface area (Å²) in [5.74, 6) is 0. The molecule has 1 saturated heterocycles. The minimum atomic E-state index is -3.54. The Kier molecular flexibility index (Phi) is 5.91. The molecule has 25 heavy (non-hydrogen) atoms. The number of hydrogen-bond acceptors (Lipinski definition) is 4. The van der Waals surface area contributed by atoms with Crippen LogP contribution >= 0.6 is 11.3 Å². The lowest BCUT2D eigenvalue weighted by Gasteiger charge is -2.34. The summed E-state index contributed by atoms with van der Waals surface area (Å²) in [5.41, 5.74) is 1.04. The average molecular weight is 382 g/mol. The molecule has 2 N–H and O–H groups in total. The SMILES string of the molecule is Cc1ccc(S(=O)(=O)N[C@@H](C)[C@H](c2cccs2)[NH+]2CCOCC2)cc1. The Hall–Kier alpha value is -1.25. The minimum Gasteiger partial charge on any atom is -0.370 e. The van der Waals surface area contributed by atoms with Crippen molar-refractivity contribution < 1.29 is 18.1 Å². The molecule has 1 aromatic heterocycles. The van der Waals surface area contributed by atoms with Crippen molar-refractivity contribution in [3.8, 4) is 0 Å². The monoisotopic (exact) mass is 381 g/mol. The van der Waals surface area contributed by atoms with Crippen LogP contribution < -0.4 is 9.62 Å². The van der Waals surface area contributed by atoms with Gasteiger partial charge in [-0.1, -0.05) is 23.8 Å². The molecule has 1 fully saturated rings. The van der Waals surface area contributed by atoms with E-state index in [0.717, 1.165) is 18.7 Å². The summed E-state index contributed by atoms with van der Waals surface area (Å²) in [7, 11) is -3.54. The van der Waals surface area contributed by atoms with Crippen LogP contribution in [0.4, 0.5) is 0 Å². The van der Waals surface area contributed by atoms with Gasteiger partial charge >= 0.3 is 0 Å². The van der Waals surface area contributed by atoms with Gasteiger partial charge in [-0.2, -0.15) is 0 Å². The molecule has 0 aliphatic carbocycles. The molecular formula is C18H25N2O3S2+. The first kappa shape index (κ1) is 18.5. The number of thiophene rings is 1. The standard InChI is InChI=1S/C18H24N2O3S2/c1-14-5-7-16(8-6-14)25(21,22)19-15(2)18(17-4-3-13-24-17)20-9-11-23-12-10-20/h3-8,13,15,18-19H,9-12H2,1-2H3/p+1/t15-,18+/m0/s1. The van der Waals surface area contributed by atoms with Gasteiger partial charge in [0, 0.05) is 0 Å². The first-order chi connectivity index (χ1) is 12.0. The number of nitrogens with one attached hydrogen (secondary N) is 2. The van der Waals surface area contributed by atoms with Crippen LogP contribution in [-0.2, 0) is 14.8 Å². The van der Waals surface area contributed by atoms with Crippen molar-refractivity contribution in [2.45, 2.75) is 30.8 Å². The quantitative estimate of drug-likeness (QED) is 0.795. The van der Waals surface area contributed by atoms with Gasteiger partial charge in [-0.05, 0) is 37.4 Å². The highest BCUT2D eigenvalue weighted by molar-refractivity contribution is 7.89. The summed E-state index contributed by atoms with van der Waals surface area (Å²) in [6.45, 7) is 7.11. The lowest BCUT2D eigenvalue weighted by atomic mass is 10.1. The molecule has 0 unspecified atom stereocenters. The van der Waals surface area contributed by atoms with Crippen LogP contribution in [0.15, 0.2) is 46.7 Å². The first-order valence-corrected chi connectivity index (χ1v) is 10.9. The molecule has 1 aliphatic heterocycles. The maximum atomic E-state index is 12.8. The van der Waals surface area contributed by atoms with E-state index in [1.54, 1.807) is 23.5 Å².